The van der Waals surface area contributed by atoms with Crippen molar-refractivity contribution in [2.24, 2.45) is 11.7 Å². The van der Waals surface area contributed by atoms with Crippen molar-refractivity contribution in [2.45, 2.75) is 18.2 Å². The number of aromatic nitrogens is 1. The summed E-state index contributed by atoms with van der Waals surface area (Å²) in [6.07, 6.45) is 1.26. The van der Waals surface area contributed by atoms with Crippen LogP contribution in [0.5, 0.6) is 0 Å². The number of hydrazine groups is 1. The number of nitrogens with two attached hydrogens (primary N) is 1. The Morgan fingerprint density at radius 3 is 2.80 bits per heavy atom. The third-order valence-electron chi connectivity index (χ3n) is 4.67. The zero-order valence-corrected chi connectivity index (χ0v) is 13.2. The van der Waals surface area contributed by atoms with Gasteiger partial charge in [0.05, 0.1) is 17.3 Å². The summed E-state index contributed by atoms with van der Waals surface area (Å²) in [5.41, 5.74) is 14.0. The highest BCUT2D eigenvalue weighted by Crippen LogP contribution is 2.46. The van der Waals surface area contributed by atoms with Gasteiger partial charge >= 0.3 is 0 Å². The van der Waals surface area contributed by atoms with Gasteiger partial charge in [0.15, 0.2) is 6.23 Å². The van der Waals surface area contributed by atoms with Gasteiger partial charge in [-0.2, -0.15) is 5.26 Å². The monoisotopic (exact) mass is 337 g/mol. The molecular weight excluding hydrogens is 321 g/mol. The third kappa shape index (κ3) is 2.61. The van der Waals surface area contributed by atoms with E-state index in [9.17, 15) is 9.65 Å². The number of fused-ring (bicyclic) bond motifs is 1. The predicted molar refractivity (Wildman–Crippen MR) is 87.6 cm³/mol. The first kappa shape index (κ1) is 15.6. The van der Waals surface area contributed by atoms with E-state index in [-0.39, 0.29) is 23.7 Å². The molecule has 6 nitrogen and oxygen atoms in total. The van der Waals surface area contributed by atoms with Gasteiger partial charge in [-0.15, -0.1) is 0 Å². The molecule has 25 heavy (non-hydrogen) atoms. The number of nitrogens with zero attached hydrogens (tertiary/aromatic N) is 2. The average Bonchev–Trinajstić information content (AvgIpc) is 3.04. The molecule has 1 saturated heterocycles. The minimum absolute atomic E-state index is 0.0639. The fourth-order valence-corrected chi connectivity index (χ4v) is 3.61. The molecule has 0 bridgehead atoms. The van der Waals surface area contributed by atoms with Crippen molar-refractivity contribution in [3.8, 4) is 6.07 Å². The summed E-state index contributed by atoms with van der Waals surface area (Å²) in [5.74, 6) is -0.911. The number of hydrogen-bond donors (Lipinski definition) is 3. The second-order valence-corrected chi connectivity index (χ2v) is 6.06. The van der Waals surface area contributed by atoms with Crippen molar-refractivity contribution >= 4 is 0 Å². The lowest BCUT2D eigenvalue weighted by Crippen LogP contribution is -2.41. The fourth-order valence-electron chi connectivity index (χ4n) is 3.61. The first-order chi connectivity index (χ1) is 12.2. The summed E-state index contributed by atoms with van der Waals surface area (Å²) in [6, 6.07) is 13.8. The van der Waals surface area contributed by atoms with Crippen LogP contribution in [0.15, 0.2) is 60.1 Å². The lowest BCUT2D eigenvalue weighted by molar-refractivity contribution is 0.0338. The summed E-state index contributed by atoms with van der Waals surface area (Å²) >= 11 is 0. The summed E-state index contributed by atoms with van der Waals surface area (Å²) in [7, 11) is 0. The normalized spacial score (nSPS) is 28.2. The molecule has 2 aromatic rings. The molecule has 4 atom stereocenters. The minimum Gasteiger partial charge on any atom is -0.458 e. The lowest BCUT2D eigenvalue weighted by Gasteiger charge is -2.35. The highest BCUT2D eigenvalue weighted by Gasteiger charge is 2.49. The molecule has 0 amide bonds. The van der Waals surface area contributed by atoms with E-state index in [1.54, 1.807) is 18.3 Å². The number of benzene rings is 1. The van der Waals surface area contributed by atoms with E-state index in [0.29, 0.717) is 11.1 Å². The standard InChI is InChI=1S/C18H16FN5O/c19-11-5-3-4-10(8-11)14-12(9-20)17(21)25-18-15(14)16(23-24-18)13-6-1-2-7-22-13/h1-8,14-16,18,23-24H,21H2. The number of nitriles is 1. The van der Waals surface area contributed by atoms with E-state index in [1.165, 1.54) is 12.1 Å². The van der Waals surface area contributed by atoms with E-state index < -0.39 is 12.1 Å². The number of hydrogen-bond acceptors (Lipinski definition) is 6. The molecule has 1 aromatic carbocycles. The number of rotatable bonds is 2. The Morgan fingerprint density at radius 2 is 2.08 bits per heavy atom. The molecule has 1 aromatic heterocycles. The number of nitrogens with one attached hydrogen (secondary N) is 2. The maximum absolute atomic E-state index is 13.8. The first-order valence-electron chi connectivity index (χ1n) is 7.93. The molecule has 0 spiro atoms. The van der Waals surface area contributed by atoms with Gasteiger partial charge < -0.3 is 10.5 Å². The molecule has 2 aliphatic rings. The zero-order chi connectivity index (χ0) is 17.4. The Bertz CT molecular complexity index is 863. The molecule has 3 heterocycles. The van der Waals surface area contributed by atoms with Gasteiger partial charge in [0.2, 0.25) is 5.88 Å². The van der Waals surface area contributed by atoms with Crippen LogP contribution in [0.3, 0.4) is 0 Å². The van der Waals surface area contributed by atoms with Crippen LogP contribution in [0, 0.1) is 23.1 Å². The van der Waals surface area contributed by atoms with Gasteiger partial charge in [0.1, 0.15) is 11.9 Å². The largest absolute Gasteiger partial charge is 0.458 e. The smallest absolute Gasteiger partial charge is 0.200 e. The van der Waals surface area contributed by atoms with Crippen LogP contribution in [0.4, 0.5) is 4.39 Å². The number of ether oxygens (including phenoxy) is 1. The summed E-state index contributed by atoms with van der Waals surface area (Å²) < 4.78 is 19.5. The van der Waals surface area contributed by atoms with Crippen LogP contribution in [0.25, 0.3) is 0 Å². The summed E-state index contributed by atoms with van der Waals surface area (Å²) in [5, 5.41) is 9.62. The van der Waals surface area contributed by atoms with Crippen LogP contribution in [-0.4, -0.2) is 11.2 Å². The van der Waals surface area contributed by atoms with Gasteiger partial charge in [0, 0.05) is 18.0 Å². The lowest BCUT2D eigenvalue weighted by atomic mass is 9.75. The van der Waals surface area contributed by atoms with E-state index >= 15 is 0 Å². The molecule has 1 fully saturated rings. The predicted octanol–water partition coefficient (Wildman–Crippen LogP) is 1.82. The molecule has 4 rings (SSSR count). The van der Waals surface area contributed by atoms with Crippen LogP contribution < -0.4 is 16.6 Å². The van der Waals surface area contributed by atoms with Crippen molar-refractivity contribution in [1.82, 2.24) is 15.8 Å². The third-order valence-corrected chi connectivity index (χ3v) is 4.67. The van der Waals surface area contributed by atoms with Gasteiger partial charge in [0.25, 0.3) is 0 Å². The van der Waals surface area contributed by atoms with Crippen molar-refractivity contribution in [1.29, 1.82) is 5.26 Å². The van der Waals surface area contributed by atoms with Crippen LogP contribution >= 0.6 is 0 Å². The number of allylic oxidation sites excluding steroid dienone is 1. The van der Waals surface area contributed by atoms with E-state index in [4.69, 9.17) is 10.5 Å². The van der Waals surface area contributed by atoms with Crippen molar-refractivity contribution in [2.75, 3.05) is 0 Å². The van der Waals surface area contributed by atoms with Crippen molar-refractivity contribution in [3.63, 3.8) is 0 Å². The number of halogens is 1. The topological polar surface area (TPSA) is 96.0 Å². The van der Waals surface area contributed by atoms with Gasteiger partial charge in [-0.05, 0) is 29.8 Å². The number of pyridine rings is 1. The molecule has 2 aliphatic heterocycles. The quantitative estimate of drug-likeness (QED) is 0.774. The van der Waals surface area contributed by atoms with Gasteiger partial charge in [-0.25, -0.2) is 15.2 Å². The Hall–Kier alpha value is -2.95. The van der Waals surface area contributed by atoms with E-state index in [1.807, 2.05) is 18.2 Å². The molecule has 0 saturated carbocycles. The highest BCUT2D eigenvalue weighted by atomic mass is 19.1. The Labute approximate surface area is 144 Å². The fraction of sp³-hybridized carbons (Fsp3) is 0.222. The second kappa shape index (κ2) is 6.16. The zero-order valence-electron chi connectivity index (χ0n) is 13.2. The maximum atomic E-state index is 13.8. The van der Waals surface area contributed by atoms with Crippen molar-refractivity contribution < 1.29 is 9.13 Å². The Morgan fingerprint density at radius 1 is 1.20 bits per heavy atom. The van der Waals surface area contributed by atoms with Crippen LogP contribution in [-0.2, 0) is 4.74 Å². The van der Waals surface area contributed by atoms with E-state index in [2.05, 4.69) is 21.9 Å². The van der Waals surface area contributed by atoms with Crippen LogP contribution in [0.1, 0.15) is 23.2 Å². The molecule has 4 unspecified atom stereocenters. The molecule has 0 radical (unpaired) electrons. The summed E-state index contributed by atoms with van der Waals surface area (Å²) in [4.78, 5) is 4.40. The molecule has 126 valence electrons. The second-order valence-electron chi connectivity index (χ2n) is 6.06. The minimum atomic E-state index is -0.447. The molecule has 4 N–H and O–H groups in total. The van der Waals surface area contributed by atoms with Gasteiger partial charge in [-0.3, -0.25) is 4.98 Å². The van der Waals surface area contributed by atoms with E-state index in [0.717, 1.165) is 5.69 Å². The molecule has 0 aliphatic carbocycles. The maximum Gasteiger partial charge on any atom is 0.200 e. The Kier molecular flexibility index (Phi) is 3.84. The average molecular weight is 337 g/mol. The SMILES string of the molecule is N#CC1=C(N)OC2NNC(c3ccccn3)C2C1c1cccc(F)c1. The first-order valence-corrected chi connectivity index (χ1v) is 7.93. The summed E-state index contributed by atoms with van der Waals surface area (Å²) in [6.45, 7) is 0. The molecule has 7 heteroatoms. The van der Waals surface area contributed by atoms with Gasteiger partial charge in [-0.1, -0.05) is 18.2 Å². The van der Waals surface area contributed by atoms with Crippen LogP contribution in [0.2, 0.25) is 0 Å². The molecular formula is C18H16FN5O. The Balaban J connectivity index is 1.84. The highest BCUT2D eigenvalue weighted by molar-refractivity contribution is 5.42. The van der Waals surface area contributed by atoms with Crippen molar-refractivity contribution in [3.05, 3.63) is 77.2 Å².